The van der Waals surface area contributed by atoms with Gasteiger partial charge in [0.2, 0.25) is 5.75 Å². The molecule has 0 fully saturated rings. The summed E-state index contributed by atoms with van der Waals surface area (Å²) in [5.74, 6) is 1.24. The van der Waals surface area contributed by atoms with Gasteiger partial charge in [0.05, 0.1) is 21.3 Å². The average Bonchev–Trinajstić information content (AvgIpc) is 2.54. The maximum atomic E-state index is 10.4. The third-order valence-electron chi connectivity index (χ3n) is 3.54. The molecule has 0 unspecified atom stereocenters. The van der Waals surface area contributed by atoms with Crippen molar-refractivity contribution < 1.29 is 24.4 Å². The summed E-state index contributed by atoms with van der Waals surface area (Å²) in [6.45, 7) is 1.87. The summed E-state index contributed by atoms with van der Waals surface area (Å²) >= 11 is 0. The van der Waals surface area contributed by atoms with Gasteiger partial charge >= 0.3 is 0 Å². The van der Waals surface area contributed by atoms with E-state index in [-0.39, 0.29) is 17.2 Å². The summed E-state index contributed by atoms with van der Waals surface area (Å²) in [6.07, 6.45) is 3.54. The Bertz CT molecular complexity index is 735. The second kappa shape index (κ2) is 6.96. The van der Waals surface area contributed by atoms with Crippen LogP contribution in [0.2, 0.25) is 0 Å². The zero-order chi connectivity index (χ0) is 17.0. The van der Waals surface area contributed by atoms with Crippen LogP contribution >= 0.6 is 0 Å². The molecule has 2 aromatic carbocycles. The van der Waals surface area contributed by atoms with Crippen LogP contribution in [-0.4, -0.2) is 31.5 Å². The lowest BCUT2D eigenvalue weighted by Crippen LogP contribution is -1.94. The number of rotatable bonds is 5. The van der Waals surface area contributed by atoms with Crippen LogP contribution < -0.4 is 14.2 Å². The van der Waals surface area contributed by atoms with Crippen molar-refractivity contribution in [3.8, 4) is 28.7 Å². The Morgan fingerprint density at radius 2 is 1.57 bits per heavy atom. The highest BCUT2D eigenvalue weighted by Crippen LogP contribution is 2.41. The fraction of sp³-hybridized carbons (Fsp3) is 0.222. The lowest BCUT2D eigenvalue weighted by molar-refractivity contribution is 0.332. The van der Waals surface area contributed by atoms with Gasteiger partial charge in [-0.15, -0.1) is 0 Å². The van der Waals surface area contributed by atoms with Crippen LogP contribution in [0.3, 0.4) is 0 Å². The Morgan fingerprint density at radius 1 is 0.870 bits per heavy atom. The van der Waals surface area contributed by atoms with Gasteiger partial charge < -0.3 is 24.4 Å². The van der Waals surface area contributed by atoms with Crippen molar-refractivity contribution in [3.63, 3.8) is 0 Å². The highest BCUT2D eigenvalue weighted by atomic mass is 16.5. The van der Waals surface area contributed by atoms with Crippen LogP contribution in [-0.2, 0) is 0 Å². The predicted molar refractivity (Wildman–Crippen MR) is 89.5 cm³/mol. The van der Waals surface area contributed by atoms with Crippen LogP contribution in [0.15, 0.2) is 24.3 Å². The van der Waals surface area contributed by atoms with E-state index in [0.717, 1.165) is 11.1 Å². The number of phenolic OH excluding ortho intramolecular Hbond substituents is 2. The number of hydrogen-bond donors (Lipinski definition) is 2. The molecule has 0 aromatic heterocycles. The van der Waals surface area contributed by atoms with E-state index in [4.69, 9.17) is 14.2 Å². The largest absolute Gasteiger partial charge is 0.504 e. The van der Waals surface area contributed by atoms with Crippen LogP contribution in [0, 0.1) is 6.92 Å². The van der Waals surface area contributed by atoms with Crippen molar-refractivity contribution in [2.45, 2.75) is 6.92 Å². The number of hydrogen-bond acceptors (Lipinski definition) is 5. The molecule has 0 radical (unpaired) electrons. The monoisotopic (exact) mass is 316 g/mol. The topological polar surface area (TPSA) is 68.2 Å². The van der Waals surface area contributed by atoms with E-state index in [9.17, 15) is 10.2 Å². The molecule has 0 heterocycles. The van der Waals surface area contributed by atoms with Gasteiger partial charge in [-0.2, -0.15) is 0 Å². The molecule has 2 N–H and O–H groups in total. The number of aryl methyl sites for hydroxylation is 1. The van der Waals surface area contributed by atoms with Crippen LogP contribution in [0.1, 0.15) is 16.7 Å². The molecule has 5 nitrogen and oxygen atoms in total. The second-order valence-electron chi connectivity index (χ2n) is 4.96. The van der Waals surface area contributed by atoms with Crippen LogP contribution in [0.25, 0.3) is 12.2 Å². The van der Waals surface area contributed by atoms with E-state index in [0.29, 0.717) is 17.1 Å². The zero-order valence-corrected chi connectivity index (χ0v) is 13.6. The lowest BCUT2D eigenvalue weighted by Gasteiger charge is -2.13. The second-order valence-corrected chi connectivity index (χ2v) is 4.96. The molecule has 122 valence electrons. The molecule has 5 heteroatoms. The number of ether oxygens (including phenoxy) is 3. The molecule has 0 bridgehead atoms. The molecule has 2 rings (SSSR count). The Balaban J connectivity index is 2.41. The summed E-state index contributed by atoms with van der Waals surface area (Å²) in [7, 11) is 4.49. The molecular formula is C18H20O5. The molecule has 23 heavy (non-hydrogen) atoms. The van der Waals surface area contributed by atoms with Gasteiger partial charge in [0.1, 0.15) is 0 Å². The molecular weight excluding hydrogens is 296 g/mol. The SMILES string of the molecule is COc1ccc(/C=C/c2c(C)cc(OC)c(OC)c2O)cc1O. The van der Waals surface area contributed by atoms with Crippen molar-refractivity contribution in [2.75, 3.05) is 21.3 Å². The normalized spacial score (nSPS) is 10.8. The van der Waals surface area contributed by atoms with E-state index in [1.54, 1.807) is 30.4 Å². The first kappa shape index (κ1) is 16.5. The minimum Gasteiger partial charge on any atom is -0.504 e. The lowest BCUT2D eigenvalue weighted by atomic mass is 10.0. The van der Waals surface area contributed by atoms with Crippen LogP contribution in [0.5, 0.6) is 28.7 Å². The third kappa shape index (κ3) is 3.34. The Morgan fingerprint density at radius 3 is 2.13 bits per heavy atom. The van der Waals surface area contributed by atoms with Crippen molar-refractivity contribution >= 4 is 12.2 Å². The first-order valence-corrected chi connectivity index (χ1v) is 7.01. The fourth-order valence-corrected chi connectivity index (χ4v) is 2.32. The third-order valence-corrected chi connectivity index (χ3v) is 3.54. The van der Waals surface area contributed by atoms with E-state index < -0.39 is 0 Å². The molecule has 0 spiro atoms. The van der Waals surface area contributed by atoms with E-state index >= 15 is 0 Å². The Labute approximate surface area is 135 Å². The van der Waals surface area contributed by atoms with E-state index in [1.165, 1.54) is 21.3 Å². The number of phenols is 2. The minimum atomic E-state index is 0.0123. The van der Waals surface area contributed by atoms with Gasteiger partial charge in [-0.3, -0.25) is 0 Å². The quantitative estimate of drug-likeness (QED) is 0.825. The zero-order valence-electron chi connectivity index (χ0n) is 13.6. The number of benzene rings is 2. The minimum absolute atomic E-state index is 0.0123. The first-order chi connectivity index (χ1) is 11.0. The van der Waals surface area contributed by atoms with Gasteiger partial charge in [-0.05, 0) is 36.2 Å². The molecule has 0 amide bonds. The van der Waals surface area contributed by atoms with E-state index in [2.05, 4.69) is 0 Å². The van der Waals surface area contributed by atoms with Crippen molar-refractivity contribution in [3.05, 3.63) is 41.0 Å². The summed E-state index contributed by atoms with van der Waals surface area (Å²) in [6, 6.07) is 6.87. The van der Waals surface area contributed by atoms with Gasteiger partial charge in [0, 0.05) is 5.56 Å². The summed E-state index contributed by atoms with van der Waals surface area (Å²) < 4.78 is 15.4. The molecule has 0 aliphatic carbocycles. The number of aromatic hydroxyl groups is 2. The molecule has 0 saturated carbocycles. The highest BCUT2D eigenvalue weighted by Gasteiger charge is 2.15. The average molecular weight is 316 g/mol. The summed E-state index contributed by atoms with van der Waals surface area (Å²) in [5, 5.41) is 20.2. The number of methoxy groups -OCH3 is 3. The summed E-state index contributed by atoms with van der Waals surface area (Å²) in [4.78, 5) is 0. The van der Waals surface area contributed by atoms with Crippen molar-refractivity contribution in [2.24, 2.45) is 0 Å². The van der Waals surface area contributed by atoms with Crippen molar-refractivity contribution in [1.29, 1.82) is 0 Å². The van der Waals surface area contributed by atoms with Crippen molar-refractivity contribution in [1.82, 2.24) is 0 Å². The first-order valence-electron chi connectivity index (χ1n) is 7.01. The Kier molecular flexibility index (Phi) is 5.01. The van der Waals surface area contributed by atoms with Crippen LogP contribution in [0.4, 0.5) is 0 Å². The summed E-state index contributed by atoms with van der Waals surface area (Å²) in [5.41, 5.74) is 2.24. The fourth-order valence-electron chi connectivity index (χ4n) is 2.32. The van der Waals surface area contributed by atoms with E-state index in [1.807, 2.05) is 13.0 Å². The van der Waals surface area contributed by atoms with Gasteiger partial charge in [0.15, 0.2) is 23.0 Å². The smallest absolute Gasteiger partial charge is 0.203 e. The standard InChI is InChI=1S/C18H20O5/c1-11-9-16(22-3)18(23-4)17(20)13(11)7-5-12-6-8-15(21-2)14(19)10-12/h5-10,19-20H,1-4H3/b7-5+. The molecule has 0 aliphatic heterocycles. The Hall–Kier alpha value is -2.82. The van der Waals surface area contributed by atoms with Gasteiger partial charge in [0.25, 0.3) is 0 Å². The maximum Gasteiger partial charge on any atom is 0.203 e. The van der Waals surface area contributed by atoms with Gasteiger partial charge in [-0.25, -0.2) is 0 Å². The molecule has 0 saturated heterocycles. The van der Waals surface area contributed by atoms with Gasteiger partial charge in [-0.1, -0.05) is 18.2 Å². The predicted octanol–water partition coefficient (Wildman–Crippen LogP) is 3.60. The molecule has 0 atom stereocenters. The maximum absolute atomic E-state index is 10.4. The molecule has 2 aromatic rings. The molecule has 0 aliphatic rings. The highest BCUT2D eigenvalue weighted by molar-refractivity contribution is 5.78.